The van der Waals surface area contributed by atoms with Gasteiger partial charge in [0.1, 0.15) is 17.7 Å². The minimum Gasteiger partial charge on any atom is -0.507 e. The van der Waals surface area contributed by atoms with Crippen LogP contribution in [0, 0.1) is 6.92 Å². The Bertz CT molecular complexity index is 1510. The molecule has 2 fully saturated rings. The minimum absolute atomic E-state index is 0.126. The molecule has 0 radical (unpaired) electrons. The second-order valence-corrected chi connectivity index (χ2v) is 10.6. The molecule has 0 aliphatic carbocycles. The first-order chi connectivity index (χ1) is 20.0. The number of aromatic hydroxyl groups is 1. The van der Waals surface area contributed by atoms with Crippen LogP contribution < -0.4 is 4.90 Å². The Morgan fingerprint density at radius 2 is 1.88 bits per heavy atom. The third-order valence-corrected chi connectivity index (χ3v) is 7.57. The molecule has 2 aliphatic heterocycles. The highest BCUT2D eigenvalue weighted by Crippen LogP contribution is 2.33. The third-order valence-electron chi connectivity index (χ3n) is 7.57. The molecule has 9 nitrogen and oxygen atoms in total. The van der Waals surface area contributed by atoms with Gasteiger partial charge in [-0.05, 0) is 42.3 Å². The summed E-state index contributed by atoms with van der Waals surface area (Å²) in [5.74, 6) is 1.34. The van der Waals surface area contributed by atoms with E-state index in [2.05, 4.69) is 4.90 Å². The van der Waals surface area contributed by atoms with Gasteiger partial charge in [0.2, 0.25) is 0 Å². The van der Waals surface area contributed by atoms with E-state index < -0.39 is 0 Å². The fourth-order valence-corrected chi connectivity index (χ4v) is 5.38. The molecule has 3 heterocycles. The number of carbonyl (C=O) groups excluding carboxylic acids is 1. The Balaban J connectivity index is 1.30. The van der Waals surface area contributed by atoms with Gasteiger partial charge in [-0.15, -0.1) is 0 Å². The summed E-state index contributed by atoms with van der Waals surface area (Å²) >= 11 is 0. The second-order valence-electron chi connectivity index (χ2n) is 10.6. The zero-order chi connectivity index (χ0) is 28.2. The molecular weight excluding hydrogens is 520 g/mol. The van der Waals surface area contributed by atoms with Crippen molar-refractivity contribution >= 4 is 22.8 Å². The van der Waals surface area contributed by atoms with Crippen LogP contribution in [0.2, 0.25) is 0 Å². The van der Waals surface area contributed by atoms with Crippen LogP contribution in [0.1, 0.15) is 17.5 Å². The van der Waals surface area contributed by atoms with Crippen molar-refractivity contribution in [3.05, 3.63) is 83.9 Å². The van der Waals surface area contributed by atoms with E-state index in [1.165, 1.54) is 0 Å². The van der Waals surface area contributed by atoms with E-state index in [9.17, 15) is 9.90 Å². The van der Waals surface area contributed by atoms with Gasteiger partial charge in [-0.25, -0.2) is 14.8 Å². The number of rotatable bonds is 7. The maximum absolute atomic E-state index is 13.3. The molecule has 2 atom stereocenters. The molecule has 0 spiro atoms. The Morgan fingerprint density at radius 1 is 1.05 bits per heavy atom. The molecule has 41 heavy (non-hydrogen) atoms. The molecule has 1 unspecified atom stereocenters. The van der Waals surface area contributed by atoms with Gasteiger partial charge in [0.05, 0.1) is 43.5 Å². The van der Waals surface area contributed by atoms with Gasteiger partial charge in [-0.3, -0.25) is 4.90 Å². The Labute approximate surface area is 239 Å². The minimum atomic E-state index is -0.341. The molecule has 2 aliphatic rings. The average molecular weight is 555 g/mol. The average Bonchev–Trinajstić information content (AvgIpc) is 3.50. The number of hydrogen-bond acceptors (Lipinski definition) is 8. The van der Waals surface area contributed by atoms with E-state index in [1.54, 1.807) is 17.0 Å². The van der Waals surface area contributed by atoms with Gasteiger partial charge in [-0.1, -0.05) is 48.5 Å². The van der Waals surface area contributed by atoms with E-state index in [1.807, 2.05) is 67.6 Å². The number of aryl methyl sites for hydroxylation is 1. The number of ether oxygens (including phenoxy) is 3. The first-order valence-electron chi connectivity index (χ1n) is 14.0. The highest BCUT2D eigenvalue weighted by Gasteiger charge is 2.35. The van der Waals surface area contributed by atoms with Crippen molar-refractivity contribution in [2.75, 3.05) is 44.4 Å². The van der Waals surface area contributed by atoms with Crippen molar-refractivity contribution in [2.45, 2.75) is 32.1 Å². The molecule has 1 aromatic heterocycles. The number of phenols is 1. The van der Waals surface area contributed by atoms with Gasteiger partial charge in [0, 0.05) is 31.4 Å². The molecule has 0 bridgehead atoms. The Kier molecular flexibility index (Phi) is 7.98. The molecule has 3 aromatic carbocycles. The quantitative estimate of drug-likeness (QED) is 0.343. The van der Waals surface area contributed by atoms with Crippen molar-refractivity contribution in [1.82, 2.24) is 14.9 Å². The fraction of sp³-hybridized carbons (Fsp3) is 0.344. The summed E-state index contributed by atoms with van der Waals surface area (Å²) < 4.78 is 17.3. The van der Waals surface area contributed by atoms with Crippen LogP contribution in [0.5, 0.6) is 5.75 Å². The van der Waals surface area contributed by atoms with Crippen molar-refractivity contribution in [2.24, 2.45) is 0 Å². The number of anilines is 1. The summed E-state index contributed by atoms with van der Waals surface area (Å²) in [6.45, 7) is 5.38. The lowest BCUT2D eigenvalue weighted by Gasteiger charge is -2.41. The standard InChI is InChI=1S/C32H34N4O5/c1-22-11-12-26-28(17-22)33-30(27-9-5-6-10-29(27)37)34-31(26)35-14-15-36(32(38)41-25-13-16-39-21-25)24(18-35)20-40-19-23-7-3-2-4-8-23/h2-12,17,24-25,37H,13-16,18-21H2,1H3/t24-,25?/m1/s1. The van der Waals surface area contributed by atoms with Gasteiger partial charge in [0.25, 0.3) is 0 Å². The van der Waals surface area contributed by atoms with E-state index in [4.69, 9.17) is 24.2 Å². The molecule has 9 heteroatoms. The van der Waals surface area contributed by atoms with Crippen LogP contribution in [0.4, 0.5) is 10.6 Å². The number of fused-ring (bicyclic) bond motifs is 1. The van der Waals surface area contributed by atoms with Crippen molar-refractivity contribution in [3.63, 3.8) is 0 Å². The van der Waals surface area contributed by atoms with Crippen molar-refractivity contribution < 1.29 is 24.1 Å². The number of hydrogen-bond donors (Lipinski definition) is 1. The maximum Gasteiger partial charge on any atom is 0.410 e. The van der Waals surface area contributed by atoms with Crippen LogP contribution in [0.15, 0.2) is 72.8 Å². The molecule has 2 saturated heterocycles. The van der Waals surface area contributed by atoms with E-state index in [-0.39, 0.29) is 24.0 Å². The second kappa shape index (κ2) is 12.1. The predicted molar refractivity (Wildman–Crippen MR) is 156 cm³/mol. The summed E-state index contributed by atoms with van der Waals surface area (Å²) in [6.07, 6.45) is 0.149. The highest BCUT2D eigenvalue weighted by atomic mass is 16.6. The molecule has 1 amide bonds. The van der Waals surface area contributed by atoms with Crippen LogP contribution in [-0.4, -0.2) is 77.7 Å². The maximum atomic E-state index is 13.3. The van der Waals surface area contributed by atoms with Gasteiger partial charge < -0.3 is 24.2 Å². The lowest BCUT2D eigenvalue weighted by molar-refractivity contribution is 0.0150. The largest absolute Gasteiger partial charge is 0.507 e. The molecular formula is C32H34N4O5. The summed E-state index contributed by atoms with van der Waals surface area (Å²) in [5.41, 5.74) is 3.53. The summed E-state index contributed by atoms with van der Waals surface area (Å²) in [5, 5.41) is 11.5. The van der Waals surface area contributed by atoms with Gasteiger partial charge in [-0.2, -0.15) is 0 Å². The summed E-state index contributed by atoms with van der Waals surface area (Å²) in [7, 11) is 0. The highest BCUT2D eigenvalue weighted by molar-refractivity contribution is 5.92. The summed E-state index contributed by atoms with van der Waals surface area (Å²) in [4.78, 5) is 27.0. The van der Waals surface area contributed by atoms with E-state index in [0.29, 0.717) is 63.9 Å². The topological polar surface area (TPSA) is 97.3 Å². The third kappa shape index (κ3) is 6.11. The van der Waals surface area contributed by atoms with E-state index >= 15 is 0 Å². The lowest BCUT2D eigenvalue weighted by atomic mass is 10.1. The summed E-state index contributed by atoms with van der Waals surface area (Å²) in [6, 6.07) is 22.9. The first-order valence-corrected chi connectivity index (χ1v) is 14.0. The van der Waals surface area contributed by atoms with Crippen molar-refractivity contribution in [1.29, 1.82) is 0 Å². The predicted octanol–water partition coefficient (Wildman–Crippen LogP) is 4.94. The Morgan fingerprint density at radius 3 is 2.68 bits per heavy atom. The molecule has 4 aromatic rings. The van der Waals surface area contributed by atoms with Crippen LogP contribution in [0.25, 0.3) is 22.3 Å². The van der Waals surface area contributed by atoms with E-state index in [0.717, 1.165) is 27.8 Å². The number of benzene rings is 3. The van der Waals surface area contributed by atoms with Gasteiger partial charge >= 0.3 is 6.09 Å². The molecule has 0 saturated carbocycles. The number of para-hydroxylation sites is 1. The number of piperazine rings is 1. The fourth-order valence-electron chi connectivity index (χ4n) is 5.38. The molecule has 6 rings (SSSR count). The normalized spacial score (nSPS) is 19.0. The number of aromatic nitrogens is 2. The molecule has 1 N–H and O–H groups in total. The first kappa shape index (κ1) is 27.0. The lowest BCUT2D eigenvalue weighted by Crippen LogP contribution is -2.57. The van der Waals surface area contributed by atoms with Crippen LogP contribution >= 0.6 is 0 Å². The number of amides is 1. The zero-order valence-electron chi connectivity index (χ0n) is 23.1. The molecule has 212 valence electrons. The Hall–Kier alpha value is -4.21. The number of phenolic OH excluding ortho intramolecular Hbond substituents is 1. The zero-order valence-corrected chi connectivity index (χ0v) is 23.1. The number of carbonyl (C=O) groups is 1. The SMILES string of the molecule is Cc1ccc2c(N3CCN(C(=O)OC4CCOC4)[C@@H](COCc4ccccc4)C3)nc(-c3ccccc3O)nc2c1. The monoisotopic (exact) mass is 554 g/mol. The number of nitrogens with zero attached hydrogens (tertiary/aromatic N) is 4. The van der Waals surface area contributed by atoms with Crippen LogP contribution in [-0.2, 0) is 20.8 Å². The smallest absolute Gasteiger partial charge is 0.410 e. The van der Waals surface area contributed by atoms with Crippen LogP contribution in [0.3, 0.4) is 0 Å². The van der Waals surface area contributed by atoms with Crippen molar-refractivity contribution in [3.8, 4) is 17.1 Å². The van der Waals surface area contributed by atoms with Gasteiger partial charge in [0.15, 0.2) is 5.82 Å².